The monoisotopic (exact) mass is 441 g/mol. The highest BCUT2D eigenvalue weighted by Crippen LogP contribution is 2.27. The molecule has 0 bridgehead atoms. The molecule has 1 aromatic heterocycles. The maximum Gasteiger partial charge on any atom is 0.270 e. The van der Waals surface area contributed by atoms with Crippen LogP contribution in [0.1, 0.15) is 48.2 Å². The van der Waals surface area contributed by atoms with Gasteiger partial charge in [-0.05, 0) is 36.5 Å². The molecule has 7 nitrogen and oxygen atoms in total. The SMILES string of the molecule is O=C(CC1CCCC1)NCCN1CCn2cc(OCc3ccc(F)cc3)c(=O)cc2C1=O. The fourth-order valence-corrected chi connectivity index (χ4v) is 4.36. The van der Waals surface area contributed by atoms with E-state index in [4.69, 9.17) is 4.74 Å². The first kappa shape index (κ1) is 22.0. The summed E-state index contributed by atoms with van der Waals surface area (Å²) in [4.78, 5) is 39.0. The molecule has 1 fully saturated rings. The van der Waals surface area contributed by atoms with Gasteiger partial charge in [0, 0.05) is 38.7 Å². The molecule has 2 aliphatic rings. The molecule has 0 radical (unpaired) electrons. The third-order valence-electron chi connectivity index (χ3n) is 6.17. The van der Waals surface area contributed by atoms with E-state index in [1.165, 1.54) is 31.0 Å². The van der Waals surface area contributed by atoms with Crippen molar-refractivity contribution in [2.45, 2.75) is 45.3 Å². The van der Waals surface area contributed by atoms with Gasteiger partial charge in [-0.3, -0.25) is 14.4 Å². The second kappa shape index (κ2) is 9.97. The normalized spacial score (nSPS) is 16.2. The van der Waals surface area contributed by atoms with Crippen molar-refractivity contribution >= 4 is 11.8 Å². The van der Waals surface area contributed by atoms with Crippen LogP contribution in [0.2, 0.25) is 0 Å². The fraction of sp³-hybridized carbons (Fsp3) is 0.458. The van der Waals surface area contributed by atoms with Crippen LogP contribution >= 0.6 is 0 Å². The van der Waals surface area contributed by atoms with E-state index in [0.717, 1.165) is 18.4 Å². The highest BCUT2D eigenvalue weighted by atomic mass is 19.1. The van der Waals surface area contributed by atoms with E-state index in [2.05, 4.69) is 5.32 Å². The summed E-state index contributed by atoms with van der Waals surface area (Å²) in [7, 11) is 0. The summed E-state index contributed by atoms with van der Waals surface area (Å²) in [5, 5.41) is 2.91. The van der Waals surface area contributed by atoms with Gasteiger partial charge in [-0.1, -0.05) is 25.0 Å². The fourth-order valence-electron chi connectivity index (χ4n) is 4.36. The molecule has 32 heavy (non-hydrogen) atoms. The predicted octanol–water partition coefficient (Wildman–Crippen LogP) is 2.72. The van der Waals surface area contributed by atoms with Gasteiger partial charge < -0.3 is 19.5 Å². The summed E-state index contributed by atoms with van der Waals surface area (Å²) in [6.07, 6.45) is 6.78. The van der Waals surface area contributed by atoms with E-state index in [1.807, 2.05) is 0 Å². The van der Waals surface area contributed by atoms with Crippen LogP contribution in [0.4, 0.5) is 4.39 Å². The second-order valence-corrected chi connectivity index (χ2v) is 8.49. The number of halogens is 1. The Hall–Kier alpha value is -3.16. The van der Waals surface area contributed by atoms with E-state index < -0.39 is 0 Å². The Morgan fingerprint density at radius 3 is 2.62 bits per heavy atom. The van der Waals surface area contributed by atoms with E-state index in [1.54, 1.807) is 27.8 Å². The topological polar surface area (TPSA) is 80.6 Å². The van der Waals surface area contributed by atoms with Crippen molar-refractivity contribution in [2.75, 3.05) is 19.6 Å². The van der Waals surface area contributed by atoms with Gasteiger partial charge in [-0.25, -0.2) is 4.39 Å². The number of hydrogen-bond donors (Lipinski definition) is 1. The molecule has 4 rings (SSSR count). The Balaban J connectivity index is 1.31. The Bertz CT molecular complexity index is 1030. The van der Waals surface area contributed by atoms with Crippen molar-refractivity contribution in [3.05, 3.63) is 63.8 Å². The van der Waals surface area contributed by atoms with E-state index >= 15 is 0 Å². The van der Waals surface area contributed by atoms with Crippen LogP contribution in [-0.2, 0) is 17.9 Å². The van der Waals surface area contributed by atoms with Gasteiger partial charge in [0.2, 0.25) is 11.3 Å². The number of hydrogen-bond acceptors (Lipinski definition) is 4. The third-order valence-corrected chi connectivity index (χ3v) is 6.17. The summed E-state index contributed by atoms with van der Waals surface area (Å²) in [6, 6.07) is 7.16. The van der Waals surface area contributed by atoms with Crippen LogP contribution in [-0.4, -0.2) is 40.9 Å². The first-order valence-electron chi connectivity index (χ1n) is 11.2. The van der Waals surface area contributed by atoms with E-state index in [0.29, 0.717) is 44.2 Å². The number of nitrogens with one attached hydrogen (secondary N) is 1. The number of nitrogens with zero attached hydrogens (tertiary/aromatic N) is 2. The van der Waals surface area contributed by atoms with E-state index in [9.17, 15) is 18.8 Å². The molecule has 0 spiro atoms. The van der Waals surface area contributed by atoms with Crippen LogP contribution in [0.15, 0.2) is 41.3 Å². The minimum absolute atomic E-state index is 0.0425. The van der Waals surface area contributed by atoms with Crippen molar-refractivity contribution in [1.82, 2.24) is 14.8 Å². The molecular weight excluding hydrogens is 413 g/mol. The number of ether oxygens (including phenoxy) is 1. The standard InChI is InChI=1S/C24H28FN3O4/c25-19-7-5-18(6-8-19)16-32-22-15-28-12-11-27(24(31)20(28)14-21(22)29)10-9-26-23(30)13-17-3-1-2-4-17/h5-8,14-15,17H,1-4,9-13,16H2,(H,26,30). The number of amides is 2. The van der Waals surface area contributed by atoms with Crippen molar-refractivity contribution in [3.8, 4) is 5.75 Å². The zero-order chi connectivity index (χ0) is 22.5. The number of rotatable bonds is 8. The average Bonchev–Trinajstić information content (AvgIpc) is 3.28. The molecule has 0 atom stereocenters. The Labute approximate surface area is 186 Å². The van der Waals surface area contributed by atoms with Crippen LogP contribution < -0.4 is 15.5 Å². The number of carbonyl (C=O) groups excluding carboxylic acids is 2. The van der Waals surface area contributed by atoms with Crippen molar-refractivity contribution in [3.63, 3.8) is 0 Å². The largest absolute Gasteiger partial charge is 0.483 e. The molecule has 8 heteroatoms. The van der Waals surface area contributed by atoms with Crippen molar-refractivity contribution < 1.29 is 18.7 Å². The number of aromatic nitrogens is 1. The minimum atomic E-state index is -0.376. The lowest BCUT2D eigenvalue weighted by molar-refractivity contribution is -0.122. The quantitative estimate of drug-likeness (QED) is 0.683. The maximum absolute atomic E-state index is 13.0. The van der Waals surface area contributed by atoms with Crippen molar-refractivity contribution in [1.29, 1.82) is 0 Å². The molecule has 0 unspecified atom stereocenters. The lowest BCUT2D eigenvalue weighted by Gasteiger charge is -2.30. The van der Waals surface area contributed by atoms with Gasteiger partial charge in [0.05, 0.1) is 6.20 Å². The molecule has 2 amide bonds. The highest BCUT2D eigenvalue weighted by Gasteiger charge is 2.25. The summed E-state index contributed by atoms with van der Waals surface area (Å²) in [6.45, 7) is 1.97. The number of fused-ring (bicyclic) bond motifs is 1. The van der Waals surface area contributed by atoms with Gasteiger partial charge >= 0.3 is 0 Å². The summed E-state index contributed by atoms with van der Waals surface area (Å²) in [5.74, 6) is 0.117. The molecule has 170 valence electrons. The summed E-state index contributed by atoms with van der Waals surface area (Å²) in [5.41, 5.74) is 0.678. The van der Waals surface area contributed by atoms with Crippen LogP contribution in [0.5, 0.6) is 5.75 Å². The maximum atomic E-state index is 13.0. The Morgan fingerprint density at radius 2 is 1.88 bits per heavy atom. The van der Waals surface area contributed by atoms with Crippen LogP contribution in [0.25, 0.3) is 0 Å². The van der Waals surface area contributed by atoms with E-state index in [-0.39, 0.29) is 35.4 Å². The van der Waals surface area contributed by atoms with Gasteiger partial charge in [0.1, 0.15) is 18.1 Å². The van der Waals surface area contributed by atoms with Gasteiger partial charge in [0.15, 0.2) is 5.75 Å². The van der Waals surface area contributed by atoms with Crippen LogP contribution in [0, 0.1) is 11.7 Å². The molecule has 1 saturated carbocycles. The summed E-state index contributed by atoms with van der Waals surface area (Å²) >= 11 is 0. The molecular formula is C24H28FN3O4. The smallest absolute Gasteiger partial charge is 0.270 e. The first-order valence-corrected chi connectivity index (χ1v) is 11.2. The average molecular weight is 442 g/mol. The van der Waals surface area contributed by atoms with Gasteiger partial charge in [-0.15, -0.1) is 0 Å². The molecule has 2 heterocycles. The van der Waals surface area contributed by atoms with Gasteiger partial charge in [-0.2, -0.15) is 0 Å². The minimum Gasteiger partial charge on any atom is -0.483 e. The summed E-state index contributed by atoms with van der Waals surface area (Å²) < 4.78 is 20.3. The lowest BCUT2D eigenvalue weighted by atomic mass is 10.0. The molecule has 1 aromatic carbocycles. The zero-order valence-corrected chi connectivity index (χ0v) is 18.0. The Kier molecular flexibility index (Phi) is 6.87. The molecule has 0 saturated heterocycles. The molecule has 2 aromatic rings. The Morgan fingerprint density at radius 1 is 1.12 bits per heavy atom. The second-order valence-electron chi connectivity index (χ2n) is 8.49. The zero-order valence-electron chi connectivity index (χ0n) is 18.0. The number of benzene rings is 1. The third kappa shape index (κ3) is 5.36. The predicted molar refractivity (Wildman–Crippen MR) is 117 cm³/mol. The number of carbonyl (C=O) groups is 2. The van der Waals surface area contributed by atoms with Gasteiger partial charge in [0.25, 0.3) is 5.91 Å². The molecule has 1 N–H and O–H groups in total. The van der Waals surface area contributed by atoms with Crippen molar-refractivity contribution in [2.24, 2.45) is 5.92 Å². The molecule has 1 aliphatic heterocycles. The molecule has 1 aliphatic carbocycles. The van der Waals surface area contributed by atoms with Crippen LogP contribution in [0.3, 0.4) is 0 Å². The lowest BCUT2D eigenvalue weighted by Crippen LogP contribution is -2.45. The highest BCUT2D eigenvalue weighted by molar-refractivity contribution is 5.93. The first-order chi connectivity index (χ1) is 15.5. The number of pyridine rings is 1.